The third-order valence-electron chi connectivity index (χ3n) is 4.55. The quantitative estimate of drug-likeness (QED) is 0.398. The molecule has 6 nitrogen and oxygen atoms in total. The van der Waals surface area contributed by atoms with E-state index < -0.39 is 18.0 Å². The molecular formula is C22H17ClN4O2. The molecule has 0 fully saturated rings. The molecule has 1 heterocycles. The minimum Gasteiger partial charge on any atom is -0.322 e. The van der Waals surface area contributed by atoms with Crippen molar-refractivity contribution < 1.29 is 9.59 Å². The zero-order valence-corrected chi connectivity index (χ0v) is 16.0. The van der Waals surface area contributed by atoms with E-state index in [9.17, 15) is 9.59 Å². The zero-order valence-electron chi connectivity index (χ0n) is 15.2. The summed E-state index contributed by atoms with van der Waals surface area (Å²) in [5, 5.41) is 4.15. The number of anilines is 1. The fourth-order valence-electron chi connectivity index (χ4n) is 3.12. The first-order chi connectivity index (χ1) is 14.0. The largest absolute Gasteiger partial charge is 0.322 e. The number of nitrogens with zero attached hydrogens (tertiary/aromatic N) is 2. The number of hydrogen-bond donors (Lipinski definition) is 2. The first kappa shape index (κ1) is 18.9. The van der Waals surface area contributed by atoms with Crippen LogP contribution >= 0.6 is 11.6 Å². The van der Waals surface area contributed by atoms with Crippen LogP contribution in [0.25, 0.3) is 0 Å². The Balaban J connectivity index is 1.82. The van der Waals surface area contributed by atoms with Crippen molar-refractivity contribution in [3.8, 4) is 0 Å². The Labute approximate surface area is 172 Å². The second kappa shape index (κ2) is 7.87. The van der Waals surface area contributed by atoms with E-state index in [0.29, 0.717) is 27.5 Å². The van der Waals surface area contributed by atoms with E-state index in [0.717, 1.165) is 10.6 Å². The lowest BCUT2D eigenvalue weighted by atomic mass is 10.0. The number of nitrogens with two attached hydrogens (primary N) is 1. The summed E-state index contributed by atoms with van der Waals surface area (Å²) < 4.78 is 0. The molecule has 1 aliphatic rings. The maximum absolute atomic E-state index is 12.9. The fourth-order valence-corrected chi connectivity index (χ4v) is 3.30. The number of amides is 2. The van der Waals surface area contributed by atoms with Gasteiger partial charge in [0.1, 0.15) is 0 Å². The van der Waals surface area contributed by atoms with Gasteiger partial charge in [-0.05, 0) is 30.3 Å². The molecule has 3 aromatic carbocycles. The SMILES string of the molecule is NN(C(=O)c1ccccc1)C1N=C(c2ccccc2)c2cc(Cl)ccc2NC1=O. The second-order valence-electron chi connectivity index (χ2n) is 6.48. The molecule has 0 bridgehead atoms. The average Bonchev–Trinajstić information content (AvgIpc) is 2.90. The molecule has 1 aliphatic heterocycles. The lowest BCUT2D eigenvalue weighted by molar-refractivity contribution is -0.120. The summed E-state index contributed by atoms with van der Waals surface area (Å²) in [5.41, 5.74) is 2.86. The lowest BCUT2D eigenvalue weighted by Crippen LogP contribution is -2.50. The van der Waals surface area contributed by atoms with Crippen molar-refractivity contribution in [2.75, 3.05) is 5.32 Å². The summed E-state index contributed by atoms with van der Waals surface area (Å²) in [6.45, 7) is 0. The highest BCUT2D eigenvalue weighted by atomic mass is 35.5. The second-order valence-corrected chi connectivity index (χ2v) is 6.91. The van der Waals surface area contributed by atoms with Gasteiger partial charge in [0.25, 0.3) is 11.8 Å². The van der Waals surface area contributed by atoms with Crippen LogP contribution in [-0.4, -0.2) is 28.7 Å². The van der Waals surface area contributed by atoms with Crippen LogP contribution in [0.4, 0.5) is 5.69 Å². The van der Waals surface area contributed by atoms with E-state index in [2.05, 4.69) is 10.3 Å². The summed E-state index contributed by atoms with van der Waals surface area (Å²) in [4.78, 5) is 30.3. The van der Waals surface area contributed by atoms with Gasteiger partial charge >= 0.3 is 0 Å². The predicted molar refractivity (Wildman–Crippen MR) is 113 cm³/mol. The highest BCUT2D eigenvalue weighted by Gasteiger charge is 2.32. The van der Waals surface area contributed by atoms with Crippen LogP contribution in [0.3, 0.4) is 0 Å². The molecule has 1 unspecified atom stereocenters. The number of halogens is 1. The van der Waals surface area contributed by atoms with Gasteiger partial charge in [-0.2, -0.15) is 0 Å². The first-order valence-corrected chi connectivity index (χ1v) is 9.30. The molecule has 0 saturated carbocycles. The van der Waals surface area contributed by atoms with Crippen LogP contribution in [0.1, 0.15) is 21.5 Å². The molecule has 0 spiro atoms. The van der Waals surface area contributed by atoms with E-state index in [1.807, 2.05) is 30.3 Å². The summed E-state index contributed by atoms with van der Waals surface area (Å²) >= 11 is 6.19. The van der Waals surface area contributed by atoms with E-state index >= 15 is 0 Å². The van der Waals surface area contributed by atoms with Crippen molar-refractivity contribution in [1.29, 1.82) is 0 Å². The Morgan fingerprint density at radius 1 is 1.00 bits per heavy atom. The van der Waals surface area contributed by atoms with Crippen molar-refractivity contribution in [3.05, 3.63) is 101 Å². The smallest absolute Gasteiger partial charge is 0.271 e. The maximum Gasteiger partial charge on any atom is 0.271 e. The van der Waals surface area contributed by atoms with Gasteiger partial charge in [0.2, 0.25) is 6.17 Å². The summed E-state index contributed by atoms with van der Waals surface area (Å²) in [6, 6.07) is 23.0. The monoisotopic (exact) mass is 404 g/mol. The minimum absolute atomic E-state index is 0.365. The van der Waals surface area contributed by atoms with Crippen molar-refractivity contribution in [2.24, 2.45) is 10.8 Å². The number of carbonyl (C=O) groups is 2. The predicted octanol–water partition coefficient (Wildman–Crippen LogP) is 3.47. The van der Waals surface area contributed by atoms with Crippen molar-refractivity contribution in [1.82, 2.24) is 5.01 Å². The lowest BCUT2D eigenvalue weighted by Gasteiger charge is -2.23. The molecule has 0 aromatic heterocycles. The molecule has 7 heteroatoms. The number of hydrazine groups is 1. The summed E-state index contributed by atoms with van der Waals surface area (Å²) in [6.07, 6.45) is -1.25. The Morgan fingerprint density at radius 3 is 2.34 bits per heavy atom. The highest BCUT2D eigenvalue weighted by Crippen LogP contribution is 2.27. The fraction of sp³-hybridized carbons (Fsp3) is 0.0455. The molecule has 29 heavy (non-hydrogen) atoms. The average molecular weight is 405 g/mol. The normalized spacial score (nSPS) is 15.6. The molecular weight excluding hydrogens is 388 g/mol. The van der Waals surface area contributed by atoms with Crippen LogP contribution in [0.2, 0.25) is 5.02 Å². The van der Waals surface area contributed by atoms with E-state index in [1.54, 1.807) is 48.5 Å². The maximum atomic E-state index is 12.9. The molecule has 0 aliphatic carbocycles. The van der Waals surface area contributed by atoms with Gasteiger partial charge in [-0.15, -0.1) is 0 Å². The minimum atomic E-state index is -1.25. The van der Waals surface area contributed by atoms with Crippen molar-refractivity contribution in [3.63, 3.8) is 0 Å². The Hall–Kier alpha value is -3.48. The number of hydrogen-bond acceptors (Lipinski definition) is 4. The molecule has 144 valence electrons. The van der Waals surface area contributed by atoms with Crippen LogP contribution in [0.15, 0.2) is 83.9 Å². The van der Waals surface area contributed by atoms with Gasteiger partial charge < -0.3 is 5.32 Å². The van der Waals surface area contributed by atoms with Gasteiger partial charge in [-0.3, -0.25) is 9.59 Å². The van der Waals surface area contributed by atoms with Crippen LogP contribution in [0.5, 0.6) is 0 Å². The molecule has 1 atom stereocenters. The van der Waals surface area contributed by atoms with Gasteiger partial charge in [-0.25, -0.2) is 15.8 Å². The Kier molecular flexibility index (Phi) is 5.12. The standard InChI is InChI=1S/C22H17ClN4O2/c23-16-11-12-18-17(13-16)19(14-7-3-1-4-8-14)26-20(21(28)25-18)27(24)22(29)15-9-5-2-6-10-15/h1-13,20H,24H2,(H,25,28). The number of benzodiazepines with no additional fused rings is 1. The van der Waals surface area contributed by atoms with E-state index in [-0.39, 0.29) is 0 Å². The van der Waals surface area contributed by atoms with Crippen LogP contribution in [0, 0.1) is 0 Å². The van der Waals surface area contributed by atoms with Gasteiger partial charge in [0.05, 0.1) is 11.4 Å². The number of carbonyl (C=O) groups excluding carboxylic acids is 2. The van der Waals surface area contributed by atoms with E-state index in [4.69, 9.17) is 17.4 Å². The first-order valence-electron chi connectivity index (χ1n) is 8.92. The number of fused-ring (bicyclic) bond motifs is 1. The van der Waals surface area contributed by atoms with Crippen LogP contribution < -0.4 is 11.2 Å². The van der Waals surface area contributed by atoms with E-state index in [1.165, 1.54) is 0 Å². The number of rotatable bonds is 3. The molecule has 2 amide bonds. The third kappa shape index (κ3) is 3.76. The third-order valence-corrected chi connectivity index (χ3v) is 4.78. The summed E-state index contributed by atoms with van der Waals surface area (Å²) in [7, 11) is 0. The van der Waals surface area contributed by atoms with Crippen LogP contribution in [-0.2, 0) is 4.79 Å². The number of benzene rings is 3. The van der Waals surface area contributed by atoms with Gasteiger partial charge in [0.15, 0.2) is 0 Å². The molecule has 4 rings (SSSR count). The Bertz CT molecular complexity index is 1100. The van der Waals surface area contributed by atoms with Gasteiger partial charge in [0, 0.05) is 21.7 Å². The van der Waals surface area contributed by atoms with Gasteiger partial charge in [-0.1, -0.05) is 60.1 Å². The molecule has 3 aromatic rings. The molecule has 0 radical (unpaired) electrons. The van der Waals surface area contributed by atoms with Crippen molar-refractivity contribution in [2.45, 2.75) is 6.17 Å². The Morgan fingerprint density at radius 2 is 1.66 bits per heavy atom. The topological polar surface area (TPSA) is 87.8 Å². The van der Waals surface area contributed by atoms with Crippen molar-refractivity contribution >= 4 is 34.8 Å². The number of aliphatic imine (C=N–C) groups is 1. The highest BCUT2D eigenvalue weighted by molar-refractivity contribution is 6.32. The summed E-state index contributed by atoms with van der Waals surface area (Å²) in [5.74, 6) is 5.06. The molecule has 0 saturated heterocycles. The number of nitrogens with one attached hydrogen (secondary N) is 1. The zero-order chi connectivity index (χ0) is 20.4. The molecule has 3 N–H and O–H groups in total.